The Morgan fingerprint density at radius 2 is 0.920 bits per heavy atom. The van der Waals surface area contributed by atoms with Gasteiger partial charge in [-0.15, -0.1) is 0 Å². The molecule has 4 amide bonds. The minimum absolute atomic E-state index is 0. The fourth-order valence-corrected chi connectivity index (χ4v) is 14.6. The van der Waals surface area contributed by atoms with Crippen molar-refractivity contribution >= 4 is 86.6 Å². The van der Waals surface area contributed by atoms with E-state index in [4.69, 9.17) is 42.6 Å². The standard InChI is InChI=1S/C42H50ClN9O3.C37H38ClN7O4.C5H12N2.CH4/c1-4-36-33(39(47-31-14-20-55-21-15-31)34-26-46-52(5-2)40(34)49-36)25-45-42(54)38-11-7-10-37(48-38)41(53)44-24-28-12-13-35(43)32(23-28)30-9-6-8-29(22-30)27-51-18-16-50(3)17-19-51;1-3-31-28(34(42-26-13-15-49-16-14-26)29-21-41-45(4-2)35(29)44-31)20-40-37(48)33-10-6-9-32(43-33)36(47)39-19-23-11-12-30(38)27(18-23)25-8-5-7-24(17-25)22-46;1-7-4-2-6-3-5-7;/h6-13,22-23,26,31H,4-5,14-21,24-25,27H2,1-3H3,(H,44,53)(H,45,54)(H,47,49);5-12,17-18,21-22,26H,3-4,13-16,19-20H2,1-2H3,(H,39,47)(H,40,48)(H,42,44);6H,2-5H2,1H3;1H4. The van der Waals surface area contributed by atoms with E-state index in [1.807, 2.05) is 78.9 Å². The first-order valence-corrected chi connectivity index (χ1v) is 39.3. The number of aryl methyl sites for hydroxylation is 4. The van der Waals surface area contributed by atoms with E-state index in [1.54, 1.807) is 60.7 Å². The Morgan fingerprint density at radius 3 is 1.34 bits per heavy atom. The van der Waals surface area contributed by atoms with Crippen molar-refractivity contribution in [2.24, 2.45) is 0 Å². The molecule has 0 saturated carbocycles. The van der Waals surface area contributed by atoms with Crippen molar-refractivity contribution in [3.8, 4) is 22.3 Å². The van der Waals surface area contributed by atoms with Gasteiger partial charge in [0, 0.05) is 186 Å². The van der Waals surface area contributed by atoms with Gasteiger partial charge in [-0.2, -0.15) is 10.2 Å². The number of amides is 4. The van der Waals surface area contributed by atoms with Crippen molar-refractivity contribution in [2.45, 2.75) is 132 Å². The third-order valence-electron chi connectivity index (χ3n) is 20.5. The third-order valence-corrected chi connectivity index (χ3v) is 21.2. The van der Waals surface area contributed by atoms with Crippen LogP contribution in [0.4, 0.5) is 11.4 Å². The van der Waals surface area contributed by atoms with Gasteiger partial charge in [0.2, 0.25) is 0 Å². The molecule has 0 aliphatic carbocycles. The summed E-state index contributed by atoms with van der Waals surface area (Å²) < 4.78 is 14.9. The number of rotatable bonds is 25. The molecule has 0 unspecified atom stereocenters. The quantitative estimate of drug-likeness (QED) is 0.0262. The van der Waals surface area contributed by atoms with E-state index in [1.165, 1.54) is 18.7 Å². The molecule has 590 valence electrons. The lowest BCUT2D eigenvalue weighted by molar-refractivity contribution is 0.0903. The van der Waals surface area contributed by atoms with E-state index in [2.05, 4.69) is 117 Å². The number of aromatic nitrogens is 8. The first-order chi connectivity index (χ1) is 54.1. The van der Waals surface area contributed by atoms with Gasteiger partial charge >= 0.3 is 0 Å². The summed E-state index contributed by atoms with van der Waals surface area (Å²) in [6, 6.07) is 37.1. The first-order valence-electron chi connectivity index (χ1n) is 38.6. The summed E-state index contributed by atoms with van der Waals surface area (Å²) in [5.41, 5.74) is 14.6. The van der Waals surface area contributed by atoms with Gasteiger partial charge in [-0.1, -0.05) is 105 Å². The Labute approximate surface area is 665 Å². The number of carbonyl (C=O) groups excluding carboxylic acids is 5. The number of benzene rings is 4. The maximum Gasteiger partial charge on any atom is 0.270 e. The number of nitrogens with one attached hydrogen (secondary N) is 7. The zero-order valence-corrected chi connectivity index (χ0v) is 65.7. The number of ether oxygens (including phenoxy) is 2. The van der Waals surface area contributed by atoms with Crippen LogP contribution in [0.2, 0.25) is 10.0 Å². The topological polar surface area (TPSA) is 285 Å². The molecule has 27 heteroatoms. The van der Waals surface area contributed by atoms with Gasteiger partial charge in [0.1, 0.15) is 29.1 Å². The van der Waals surface area contributed by atoms with E-state index in [-0.39, 0.29) is 80.3 Å². The van der Waals surface area contributed by atoms with E-state index < -0.39 is 11.8 Å². The van der Waals surface area contributed by atoms with Gasteiger partial charge < -0.3 is 56.5 Å². The highest BCUT2D eigenvalue weighted by molar-refractivity contribution is 6.33. The molecule has 6 aromatic heterocycles. The van der Waals surface area contributed by atoms with Gasteiger partial charge in [-0.3, -0.25) is 28.9 Å². The lowest BCUT2D eigenvalue weighted by Crippen LogP contribution is -2.43. The Kier molecular flexibility index (Phi) is 29.9. The number of anilines is 2. The highest BCUT2D eigenvalue weighted by Gasteiger charge is 2.27. The SMILES string of the molecule is C.CCc1nc2c(cnn2CC)c(NC2CCOCC2)c1CNC(=O)c1cccc(C(=O)NCc2ccc(Cl)c(-c3cccc(C=O)c3)c2)n1.CCc1nc2c(cnn2CC)c(NC2CCOCC2)c1CNC(=O)c1cccc(C(=O)NCc2ccc(Cl)c(-c3cccc(CN4CCN(C)CC4)c3)c2)n1.CN1CCNCC1. The molecule has 0 spiro atoms. The number of carbonyl (C=O) groups is 5. The zero-order chi connectivity index (χ0) is 77.8. The molecule has 14 rings (SSSR count). The molecular weight excluding hydrogens is 1460 g/mol. The molecule has 0 radical (unpaired) electrons. The highest BCUT2D eigenvalue weighted by Crippen LogP contribution is 2.35. The number of piperazine rings is 2. The zero-order valence-electron chi connectivity index (χ0n) is 64.1. The molecule has 4 aliphatic heterocycles. The molecule has 112 heavy (non-hydrogen) atoms. The van der Waals surface area contributed by atoms with Crippen molar-refractivity contribution in [3.05, 3.63) is 211 Å². The molecule has 0 atom stereocenters. The Hall–Kier alpha value is -10.1. The average molecular weight is 1560 g/mol. The lowest BCUT2D eigenvalue weighted by Gasteiger charge is -2.32. The maximum absolute atomic E-state index is 13.5. The van der Waals surface area contributed by atoms with E-state index in [9.17, 15) is 24.0 Å². The Balaban J connectivity index is 0.000000203. The van der Waals surface area contributed by atoms with Crippen LogP contribution in [0.25, 0.3) is 44.3 Å². The fraction of sp³-hybridized carbons (Fsp3) is 0.400. The molecule has 4 aliphatic rings. The molecule has 4 aromatic carbocycles. The van der Waals surface area contributed by atoms with E-state index >= 15 is 0 Å². The summed E-state index contributed by atoms with van der Waals surface area (Å²) in [7, 11) is 4.32. The second-order valence-corrected chi connectivity index (χ2v) is 29.1. The van der Waals surface area contributed by atoms with Crippen molar-refractivity contribution in [1.82, 2.24) is 80.8 Å². The maximum atomic E-state index is 13.5. The van der Waals surface area contributed by atoms with Crippen LogP contribution in [-0.4, -0.2) is 189 Å². The van der Waals surface area contributed by atoms with Crippen LogP contribution < -0.4 is 37.2 Å². The van der Waals surface area contributed by atoms with Crippen molar-refractivity contribution < 1.29 is 33.4 Å². The molecule has 10 aromatic rings. The van der Waals surface area contributed by atoms with Crippen LogP contribution in [-0.2, 0) is 68.1 Å². The van der Waals surface area contributed by atoms with Crippen molar-refractivity contribution in [3.63, 3.8) is 0 Å². The van der Waals surface area contributed by atoms with E-state index in [0.29, 0.717) is 68.0 Å². The summed E-state index contributed by atoms with van der Waals surface area (Å²) in [5, 5.41) is 34.8. The first kappa shape index (κ1) is 82.9. The Bertz CT molecular complexity index is 4890. The lowest BCUT2D eigenvalue weighted by atomic mass is 10.0. The second-order valence-electron chi connectivity index (χ2n) is 28.2. The van der Waals surface area contributed by atoms with Crippen LogP contribution >= 0.6 is 23.2 Å². The number of likely N-dealkylation sites (N-methyl/N-ethyl adjacent to an activating group) is 2. The smallest absolute Gasteiger partial charge is 0.270 e. The number of halogens is 2. The summed E-state index contributed by atoms with van der Waals surface area (Å²) in [5.74, 6) is -1.58. The van der Waals surface area contributed by atoms with Crippen molar-refractivity contribution in [1.29, 1.82) is 0 Å². The molecule has 4 fully saturated rings. The second kappa shape index (κ2) is 40.4. The third kappa shape index (κ3) is 21.4. The summed E-state index contributed by atoms with van der Waals surface area (Å²) in [6.07, 6.45) is 9.37. The molecule has 0 bridgehead atoms. The van der Waals surface area contributed by atoms with Crippen LogP contribution in [0, 0.1) is 0 Å². The van der Waals surface area contributed by atoms with Crippen LogP contribution in [0.1, 0.15) is 152 Å². The van der Waals surface area contributed by atoms with Gasteiger partial charge in [0.25, 0.3) is 23.6 Å². The number of hydrogen-bond donors (Lipinski definition) is 7. The van der Waals surface area contributed by atoms with Gasteiger partial charge in [-0.05, 0) is 155 Å². The number of pyridine rings is 4. The average Bonchev–Trinajstić information content (AvgIpc) is 1.60. The van der Waals surface area contributed by atoms with Gasteiger partial charge in [-0.25, -0.2) is 29.3 Å². The molecule has 25 nitrogen and oxygen atoms in total. The summed E-state index contributed by atoms with van der Waals surface area (Å²) in [4.78, 5) is 90.6. The Morgan fingerprint density at radius 1 is 0.500 bits per heavy atom. The van der Waals surface area contributed by atoms with Gasteiger partial charge in [0.05, 0.1) is 34.5 Å². The minimum atomic E-state index is -0.423. The monoisotopic (exact) mass is 1560 g/mol. The van der Waals surface area contributed by atoms with Crippen LogP contribution in [0.3, 0.4) is 0 Å². The van der Waals surface area contributed by atoms with E-state index in [0.717, 1.165) is 167 Å². The van der Waals surface area contributed by atoms with Gasteiger partial charge in [0.15, 0.2) is 11.3 Å². The normalized spacial score (nSPS) is 15.1. The molecule has 4 saturated heterocycles. The summed E-state index contributed by atoms with van der Waals surface area (Å²) >= 11 is 13.2. The van der Waals surface area contributed by atoms with Crippen molar-refractivity contribution in [2.75, 3.05) is 104 Å². The molecular formula is C85H104Cl2N18O7. The molecule has 10 heterocycles. The number of aldehydes is 1. The predicted octanol–water partition coefficient (Wildman–Crippen LogP) is 12.1. The number of nitrogens with zero attached hydrogens (tertiary/aromatic N) is 11. The number of fused-ring (bicyclic) bond motifs is 2. The van der Waals surface area contributed by atoms with Crippen LogP contribution in [0.5, 0.6) is 0 Å². The fourth-order valence-electron chi connectivity index (χ4n) is 14.1. The number of hydrogen-bond acceptors (Lipinski definition) is 19. The predicted molar refractivity (Wildman–Crippen MR) is 442 cm³/mol. The minimum Gasteiger partial charge on any atom is -0.381 e. The highest BCUT2D eigenvalue weighted by atomic mass is 35.5. The largest absolute Gasteiger partial charge is 0.381 e. The molecule has 7 N–H and O–H groups in total. The van der Waals surface area contributed by atoms with Crippen LogP contribution in [0.15, 0.2) is 134 Å². The summed E-state index contributed by atoms with van der Waals surface area (Å²) in [6.45, 7) is 23.2.